The summed E-state index contributed by atoms with van der Waals surface area (Å²) in [5, 5.41) is 4.84. The van der Waals surface area contributed by atoms with Crippen LogP contribution >= 0.6 is 0 Å². The van der Waals surface area contributed by atoms with Gasteiger partial charge in [-0.1, -0.05) is 79.9 Å². The summed E-state index contributed by atoms with van der Waals surface area (Å²) in [6, 6.07) is 22.3. The molecule has 0 unspecified atom stereocenters. The first-order valence-corrected chi connectivity index (χ1v) is 12.2. The number of aromatic nitrogens is 2. The van der Waals surface area contributed by atoms with Crippen molar-refractivity contribution in [2.24, 2.45) is 0 Å². The summed E-state index contributed by atoms with van der Waals surface area (Å²) in [6.07, 6.45) is 5.42. The third-order valence-corrected chi connectivity index (χ3v) is 7.28. The van der Waals surface area contributed by atoms with Crippen LogP contribution in [-0.2, 0) is 22.7 Å². The molecule has 6 heteroatoms. The Balaban J connectivity index is 1.43. The van der Waals surface area contributed by atoms with Crippen molar-refractivity contribution in [2.75, 3.05) is 11.4 Å². The third-order valence-electron chi connectivity index (χ3n) is 7.28. The molecule has 1 aliphatic carbocycles. The van der Waals surface area contributed by atoms with Crippen molar-refractivity contribution in [2.45, 2.75) is 51.2 Å². The molecule has 1 aromatic heterocycles. The monoisotopic (exact) mass is 452 g/mol. The van der Waals surface area contributed by atoms with Crippen LogP contribution in [-0.4, -0.2) is 39.0 Å². The Morgan fingerprint density at radius 1 is 0.853 bits per heavy atom. The van der Waals surface area contributed by atoms with Crippen molar-refractivity contribution in [3.8, 4) is 11.3 Å². The molecule has 0 bridgehead atoms. The van der Waals surface area contributed by atoms with E-state index in [1.54, 1.807) is 0 Å². The normalized spacial score (nSPS) is 18.8. The molecule has 3 aromatic rings. The zero-order valence-electron chi connectivity index (χ0n) is 19.2. The Labute approximate surface area is 199 Å². The molecular formula is C28H28N4O2. The van der Waals surface area contributed by atoms with Crippen LogP contribution in [0.15, 0.2) is 78.0 Å². The lowest BCUT2D eigenvalue weighted by Gasteiger charge is -2.42. The van der Waals surface area contributed by atoms with Gasteiger partial charge in [-0.15, -0.1) is 0 Å². The first-order valence-electron chi connectivity index (χ1n) is 12.2. The smallest absolute Gasteiger partial charge is 0.271 e. The van der Waals surface area contributed by atoms with Crippen LogP contribution in [0.4, 0.5) is 5.82 Å². The van der Waals surface area contributed by atoms with E-state index in [0.29, 0.717) is 24.4 Å². The van der Waals surface area contributed by atoms with Crippen LogP contribution in [0.1, 0.15) is 37.7 Å². The van der Waals surface area contributed by atoms with Gasteiger partial charge in [-0.3, -0.25) is 9.59 Å². The SMILES string of the molecule is O=C1CN(C2CCCCC2)C(=O)C2=C1Cn1nc(-c3ccccc3)cc1N2Cc1ccccc1. The molecule has 34 heavy (non-hydrogen) atoms. The summed E-state index contributed by atoms with van der Waals surface area (Å²) in [5.74, 6) is 0.889. The molecule has 1 amide bonds. The maximum atomic E-state index is 13.9. The van der Waals surface area contributed by atoms with E-state index in [9.17, 15) is 9.59 Å². The summed E-state index contributed by atoms with van der Waals surface area (Å²) < 4.78 is 1.88. The van der Waals surface area contributed by atoms with Crippen molar-refractivity contribution in [3.63, 3.8) is 0 Å². The number of hydrogen-bond donors (Lipinski definition) is 0. The fraction of sp³-hybridized carbons (Fsp3) is 0.321. The molecule has 1 fully saturated rings. The summed E-state index contributed by atoms with van der Waals surface area (Å²) in [7, 11) is 0. The Morgan fingerprint density at radius 3 is 2.29 bits per heavy atom. The standard InChI is InChI=1S/C28H28N4O2/c33-25-19-30(22-14-8-3-9-15-22)28(34)27-23(25)18-32-26(31(27)17-20-10-4-1-5-11-20)16-24(29-32)21-12-6-2-7-13-21/h1-2,4-7,10-13,16,22H,3,8-9,14-15,17-19H2. The van der Waals surface area contributed by atoms with Crippen molar-refractivity contribution < 1.29 is 9.59 Å². The number of ketones is 1. The number of nitrogens with zero attached hydrogens (tertiary/aromatic N) is 4. The Kier molecular flexibility index (Phi) is 5.28. The van der Waals surface area contributed by atoms with E-state index in [-0.39, 0.29) is 24.3 Å². The van der Waals surface area contributed by atoms with Gasteiger partial charge >= 0.3 is 0 Å². The average Bonchev–Trinajstić information content (AvgIpc) is 3.32. The van der Waals surface area contributed by atoms with Crippen LogP contribution in [0.25, 0.3) is 11.3 Å². The van der Waals surface area contributed by atoms with Gasteiger partial charge in [0.15, 0.2) is 5.78 Å². The van der Waals surface area contributed by atoms with E-state index in [2.05, 4.69) is 12.1 Å². The molecule has 0 atom stereocenters. The summed E-state index contributed by atoms with van der Waals surface area (Å²) >= 11 is 0. The Hall–Kier alpha value is -3.67. The molecule has 3 heterocycles. The number of carbonyl (C=O) groups is 2. The van der Waals surface area contributed by atoms with E-state index in [1.165, 1.54) is 6.42 Å². The number of hydrogen-bond acceptors (Lipinski definition) is 4. The zero-order valence-corrected chi connectivity index (χ0v) is 19.2. The fourth-order valence-corrected chi connectivity index (χ4v) is 5.53. The topological polar surface area (TPSA) is 58.4 Å². The third kappa shape index (κ3) is 3.63. The highest BCUT2D eigenvalue weighted by Crippen LogP contribution is 2.37. The lowest BCUT2D eigenvalue weighted by atomic mass is 9.91. The Morgan fingerprint density at radius 2 is 1.56 bits per heavy atom. The molecule has 0 saturated heterocycles. The van der Waals surface area contributed by atoms with Crippen LogP contribution in [0.2, 0.25) is 0 Å². The summed E-state index contributed by atoms with van der Waals surface area (Å²) in [4.78, 5) is 31.2. The highest BCUT2D eigenvalue weighted by atomic mass is 16.2. The summed E-state index contributed by atoms with van der Waals surface area (Å²) in [6.45, 7) is 1.03. The quantitative estimate of drug-likeness (QED) is 0.582. The van der Waals surface area contributed by atoms with Gasteiger partial charge in [0, 0.05) is 29.8 Å². The minimum atomic E-state index is -0.00820. The van der Waals surface area contributed by atoms with E-state index in [0.717, 1.165) is 48.3 Å². The molecule has 0 spiro atoms. The van der Waals surface area contributed by atoms with Crippen LogP contribution < -0.4 is 4.90 Å². The fourth-order valence-electron chi connectivity index (χ4n) is 5.53. The highest BCUT2D eigenvalue weighted by molar-refractivity contribution is 6.13. The van der Waals surface area contributed by atoms with E-state index >= 15 is 0 Å². The van der Waals surface area contributed by atoms with Gasteiger partial charge in [0.2, 0.25) is 0 Å². The molecule has 1 saturated carbocycles. The average molecular weight is 453 g/mol. The molecule has 6 nitrogen and oxygen atoms in total. The Bertz CT molecular complexity index is 1260. The minimum Gasteiger partial charge on any atom is -0.327 e. The lowest BCUT2D eigenvalue weighted by Crippen LogP contribution is -2.53. The molecule has 2 aliphatic heterocycles. The predicted octanol–water partition coefficient (Wildman–Crippen LogP) is 4.57. The molecule has 172 valence electrons. The molecule has 3 aliphatic rings. The van der Waals surface area contributed by atoms with Crippen LogP contribution in [0.5, 0.6) is 0 Å². The maximum Gasteiger partial charge on any atom is 0.271 e. The van der Waals surface area contributed by atoms with Gasteiger partial charge in [0.25, 0.3) is 5.91 Å². The van der Waals surface area contributed by atoms with Crippen LogP contribution in [0.3, 0.4) is 0 Å². The maximum absolute atomic E-state index is 13.9. The second kappa shape index (κ2) is 8.60. The van der Waals surface area contributed by atoms with Crippen molar-refractivity contribution in [1.82, 2.24) is 14.7 Å². The number of Topliss-reactive ketones (excluding diaryl/α,β-unsaturated/α-hetero) is 1. The van der Waals surface area contributed by atoms with Crippen molar-refractivity contribution >= 4 is 17.5 Å². The van der Waals surface area contributed by atoms with E-state index in [4.69, 9.17) is 5.10 Å². The molecule has 6 rings (SSSR count). The first kappa shape index (κ1) is 20.9. The lowest BCUT2D eigenvalue weighted by molar-refractivity contribution is -0.136. The molecule has 2 aromatic carbocycles. The number of amides is 1. The van der Waals surface area contributed by atoms with E-state index < -0.39 is 0 Å². The van der Waals surface area contributed by atoms with Gasteiger partial charge in [0.05, 0.1) is 18.8 Å². The van der Waals surface area contributed by atoms with Gasteiger partial charge in [-0.25, -0.2) is 4.68 Å². The molecular weight excluding hydrogens is 424 g/mol. The largest absolute Gasteiger partial charge is 0.327 e. The number of anilines is 1. The second-order valence-corrected chi connectivity index (χ2v) is 9.46. The molecule has 0 radical (unpaired) electrons. The number of fused-ring (bicyclic) bond motifs is 1. The minimum absolute atomic E-state index is 0.00820. The van der Waals surface area contributed by atoms with Gasteiger partial charge in [-0.2, -0.15) is 5.10 Å². The zero-order chi connectivity index (χ0) is 23.1. The highest BCUT2D eigenvalue weighted by Gasteiger charge is 2.42. The predicted molar refractivity (Wildman–Crippen MR) is 131 cm³/mol. The number of carbonyl (C=O) groups excluding carboxylic acids is 2. The van der Waals surface area contributed by atoms with Crippen molar-refractivity contribution in [1.29, 1.82) is 0 Å². The second-order valence-electron chi connectivity index (χ2n) is 9.46. The number of rotatable bonds is 4. The first-order chi connectivity index (χ1) is 16.7. The van der Waals surface area contributed by atoms with Gasteiger partial charge in [0.1, 0.15) is 11.5 Å². The number of benzene rings is 2. The van der Waals surface area contributed by atoms with Gasteiger partial charge < -0.3 is 9.80 Å². The van der Waals surface area contributed by atoms with E-state index in [1.807, 2.05) is 69.1 Å². The summed E-state index contributed by atoms with van der Waals surface area (Å²) in [5.41, 5.74) is 4.07. The van der Waals surface area contributed by atoms with Crippen LogP contribution in [0, 0.1) is 0 Å². The van der Waals surface area contributed by atoms with Crippen molar-refractivity contribution in [3.05, 3.63) is 83.6 Å². The van der Waals surface area contributed by atoms with Gasteiger partial charge in [-0.05, 0) is 18.4 Å². The molecule has 0 N–H and O–H groups in total.